The second kappa shape index (κ2) is 10.9. The Kier molecular flexibility index (Phi) is 10.6. The average molecular weight is 472 g/mol. The van der Waals surface area contributed by atoms with E-state index < -0.39 is 0 Å². The molecule has 0 heterocycles. The molecule has 120 valence electrons. The van der Waals surface area contributed by atoms with Gasteiger partial charge in [-0.2, -0.15) is 0 Å². The second-order valence-electron chi connectivity index (χ2n) is 4.15. The third kappa shape index (κ3) is 6.29. The van der Waals surface area contributed by atoms with Gasteiger partial charge in [0.05, 0.1) is 14.2 Å². The molecule has 1 rings (SSSR count). The molecule has 0 spiro atoms. The van der Waals surface area contributed by atoms with Gasteiger partial charge in [0.15, 0.2) is 17.5 Å². The molecular formula is C14H23BrIN3O2. The highest BCUT2D eigenvalue weighted by atomic mass is 127. The molecule has 0 atom stereocenters. The van der Waals surface area contributed by atoms with Gasteiger partial charge in [0, 0.05) is 24.6 Å². The largest absolute Gasteiger partial charge is 0.493 e. The summed E-state index contributed by atoms with van der Waals surface area (Å²) in [5.74, 6) is 2.20. The Hall–Kier alpha value is -0.700. The van der Waals surface area contributed by atoms with E-state index in [1.54, 1.807) is 21.3 Å². The third-order valence-electron chi connectivity index (χ3n) is 2.76. The molecule has 21 heavy (non-hydrogen) atoms. The summed E-state index contributed by atoms with van der Waals surface area (Å²) < 4.78 is 11.5. The molecule has 7 heteroatoms. The second-order valence-corrected chi connectivity index (χ2v) is 5.01. The first-order valence-electron chi connectivity index (χ1n) is 6.51. The van der Waals surface area contributed by atoms with Gasteiger partial charge < -0.3 is 20.1 Å². The van der Waals surface area contributed by atoms with E-state index in [4.69, 9.17) is 9.47 Å². The van der Waals surface area contributed by atoms with Crippen molar-refractivity contribution in [1.29, 1.82) is 0 Å². The molecule has 5 nitrogen and oxygen atoms in total. The molecule has 1 aromatic carbocycles. The number of halogens is 2. The quantitative estimate of drug-likeness (QED) is 0.380. The zero-order valence-electron chi connectivity index (χ0n) is 12.8. The van der Waals surface area contributed by atoms with E-state index in [1.165, 1.54) is 0 Å². The Morgan fingerprint density at radius 2 is 1.81 bits per heavy atom. The molecular weight excluding hydrogens is 449 g/mol. The Morgan fingerprint density at radius 1 is 1.19 bits per heavy atom. The molecule has 0 aliphatic carbocycles. The number of hydrogen-bond acceptors (Lipinski definition) is 3. The van der Waals surface area contributed by atoms with E-state index in [9.17, 15) is 0 Å². The predicted octanol–water partition coefficient (Wildman–Crippen LogP) is 3.16. The summed E-state index contributed by atoms with van der Waals surface area (Å²) in [5.41, 5.74) is 1.07. The highest BCUT2D eigenvalue weighted by Crippen LogP contribution is 2.33. The van der Waals surface area contributed by atoms with E-state index in [0.717, 1.165) is 29.0 Å². The topological polar surface area (TPSA) is 54.9 Å². The van der Waals surface area contributed by atoms with Gasteiger partial charge in [-0.05, 0) is 24.1 Å². The standard InChI is InChI=1S/C14H22BrN3O2.HI/c1-5-6-17-14(16-2)18-9-10-7-12(19-3)13(20-4)8-11(10)15;/h7-8H,5-6,9H2,1-4H3,(H2,16,17,18);1H. The van der Waals surface area contributed by atoms with Crippen molar-refractivity contribution in [2.75, 3.05) is 27.8 Å². The summed E-state index contributed by atoms with van der Waals surface area (Å²) in [7, 11) is 5.01. The first-order valence-corrected chi connectivity index (χ1v) is 7.30. The van der Waals surface area contributed by atoms with Gasteiger partial charge in [0.1, 0.15) is 0 Å². The fourth-order valence-corrected chi connectivity index (χ4v) is 2.14. The molecule has 0 saturated heterocycles. The number of benzene rings is 1. The van der Waals surface area contributed by atoms with E-state index in [-0.39, 0.29) is 24.0 Å². The highest BCUT2D eigenvalue weighted by molar-refractivity contribution is 14.0. The summed E-state index contributed by atoms with van der Waals surface area (Å²) in [6, 6.07) is 3.85. The maximum atomic E-state index is 5.31. The van der Waals surface area contributed by atoms with E-state index >= 15 is 0 Å². The van der Waals surface area contributed by atoms with Crippen molar-refractivity contribution in [2.45, 2.75) is 19.9 Å². The van der Waals surface area contributed by atoms with Gasteiger partial charge in [-0.1, -0.05) is 22.9 Å². The number of nitrogens with zero attached hydrogens (tertiary/aromatic N) is 1. The molecule has 0 aromatic heterocycles. The van der Waals surface area contributed by atoms with Crippen LogP contribution in [0.4, 0.5) is 0 Å². The lowest BCUT2D eigenvalue weighted by molar-refractivity contribution is 0.354. The van der Waals surface area contributed by atoms with Crippen LogP contribution in [0.5, 0.6) is 11.5 Å². The number of hydrogen-bond donors (Lipinski definition) is 2. The summed E-state index contributed by atoms with van der Waals surface area (Å²) in [5, 5.41) is 6.49. The zero-order valence-corrected chi connectivity index (χ0v) is 16.7. The molecule has 0 radical (unpaired) electrons. The van der Waals surface area contributed by atoms with E-state index in [1.807, 2.05) is 12.1 Å². The van der Waals surface area contributed by atoms with Gasteiger partial charge in [0.25, 0.3) is 0 Å². The van der Waals surface area contributed by atoms with Crippen molar-refractivity contribution in [3.63, 3.8) is 0 Å². The number of nitrogens with one attached hydrogen (secondary N) is 2. The maximum absolute atomic E-state index is 5.31. The normalized spacial score (nSPS) is 10.6. The Balaban J connectivity index is 0.00000400. The first-order chi connectivity index (χ1) is 9.65. The Bertz CT molecular complexity index is 470. The number of guanidine groups is 1. The molecule has 0 saturated carbocycles. The van der Waals surface area contributed by atoms with Crippen LogP contribution in [0, 0.1) is 0 Å². The molecule has 0 aliphatic rings. The minimum absolute atomic E-state index is 0. The van der Waals surface area contributed by atoms with Crippen molar-refractivity contribution in [2.24, 2.45) is 4.99 Å². The number of ether oxygens (including phenoxy) is 2. The minimum Gasteiger partial charge on any atom is -0.493 e. The van der Waals surface area contributed by atoms with Gasteiger partial charge in [-0.3, -0.25) is 4.99 Å². The van der Waals surface area contributed by atoms with Gasteiger partial charge in [-0.25, -0.2) is 0 Å². The van der Waals surface area contributed by atoms with Crippen LogP contribution >= 0.6 is 39.9 Å². The van der Waals surface area contributed by atoms with E-state index in [0.29, 0.717) is 18.0 Å². The number of rotatable bonds is 6. The molecule has 0 bridgehead atoms. The summed E-state index contributed by atoms with van der Waals surface area (Å²) in [6.45, 7) is 3.66. The van der Waals surface area contributed by atoms with Crippen LogP contribution in [0.2, 0.25) is 0 Å². The van der Waals surface area contributed by atoms with Crippen LogP contribution < -0.4 is 20.1 Å². The van der Waals surface area contributed by atoms with Crippen LogP contribution in [0.15, 0.2) is 21.6 Å². The first kappa shape index (κ1) is 20.3. The van der Waals surface area contributed by atoms with Crippen LogP contribution in [-0.4, -0.2) is 33.8 Å². The molecule has 0 amide bonds. The smallest absolute Gasteiger partial charge is 0.191 e. The average Bonchev–Trinajstić information content (AvgIpc) is 2.48. The predicted molar refractivity (Wildman–Crippen MR) is 101 cm³/mol. The molecule has 0 aliphatic heterocycles. The molecule has 0 fully saturated rings. The lowest BCUT2D eigenvalue weighted by Gasteiger charge is -2.14. The highest BCUT2D eigenvalue weighted by Gasteiger charge is 2.09. The summed E-state index contributed by atoms with van der Waals surface area (Å²) in [6.07, 6.45) is 1.06. The van der Waals surface area contributed by atoms with Crippen molar-refractivity contribution in [3.8, 4) is 11.5 Å². The SMILES string of the molecule is CCCNC(=NC)NCc1cc(OC)c(OC)cc1Br.I. The number of methoxy groups -OCH3 is 2. The van der Waals surface area contributed by atoms with Gasteiger partial charge in [-0.15, -0.1) is 24.0 Å². The van der Waals surface area contributed by atoms with Crippen LogP contribution in [0.1, 0.15) is 18.9 Å². The fourth-order valence-electron chi connectivity index (χ4n) is 1.67. The lowest BCUT2D eigenvalue weighted by atomic mass is 10.2. The molecule has 2 N–H and O–H groups in total. The maximum Gasteiger partial charge on any atom is 0.191 e. The molecule has 0 unspecified atom stereocenters. The van der Waals surface area contributed by atoms with Crippen LogP contribution in [0.3, 0.4) is 0 Å². The van der Waals surface area contributed by atoms with Crippen molar-refractivity contribution >= 4 is 45.9 Å². The van der Waals surface area contributed by atoms with E-state index in [2.05, 4.69) is 38.5 Å². The Labute approximate surface area is 152 Å². The van der Waals surface area contributed by atoms with Crippen LogP contribution in [-0.2, 0) is 6.54 Å². The monoisotopic (exact) mass is 471 g/mol. The minimum atomic E-state index is 0. The van der Waals surface area contributed by atoms with Gasteiger partial charge >= 0.3 is 0 Å². The lowest BCUT2D eigenvalue weighted by Crippen LogP contribution is -2.37. The van der Waals surface area contributed by atoms with Crippen molar-refractivity contribution in [3.05, 3.63) is 22.2 Å². The third-order valence-corrected chi connectivity index (χ3v) is 3.50. The van der Waals surface area contributed by atoms with Crippen molar-refractivity contribution in [1.82, 2.24) is 10.6 Å². The van der Waals surface area contributed by atoms with Crippen molar-refractivity contribution < 1.29 is 9.47 Å². The fraction of sp³-hybridized carbons (Fsp3) is 0.500. The summed E-state index contributed by atoms with van der Waals surface area (Å²) in [4.78, 5) is 4.17. The number of aliphatic imine (C=N–C) groups is 1. The zero-order chi connectivity index (χ0) is 15.0. The van der Waals surface area contributed by atoms with Crippen LogP contribution in [0.25, 0.3) is 0 Å². The summed E-state index contributed by atoms with van der Waals surface area (Å²) >= 11 is 3.54. The molecule has 1 aromatic rings. The van der Waals surface area contributed by atoms with Gasteiger partial charge in [0.2, 0.25) is 0 Å². The Morgan fingerprint density at radius 3 is 2.33 bits per heavy atom.